The minimum atomic E-state index is -1.38. The first-order valence-electron chi connectivity index (χ1n) is 4.82. The van der Waals surface area contributed by atoms with Crippen molar-refractivity contribution in [2.75, 3.05) is 0 Å². The van der Waals surface area contributed by atoms with Crippen molar-refractivity contribution in [3.63, 3.8) is 0 Å². The van der Waals surface area contributed by atoms with E-state index >= 15 is 0 Å². The van der Waals surface area contributed by atoms with Gasteiger partial charge in [0.15, 0.2) is 0 Å². The molecule has 0 heterocycles. The summed E-state index contributed by atoms with van der Waals surface area (Å²) in [5.41, 5.74) is 0. The average molecular weight is 190 g/mol. The molecule has 0 fully saturated rings. The first kappa shape index (κ1) is 10.3. The summed E-state index contributed by atoms with van der Waals surface area (Å²) >= 11 is 0. The number of hydrogen-bond acceptors (Lipinski definition) is 0. The molecule has 70 valence electrons. The molecule has 0 aromatic heterocycles. The summed E-state index contributed by atoms with van der Waals surface area (Å²) in [6, 6.07) is 10.8. The highest BCUT2D eigenvalue weighted by atomic mass is 28.3. The van der Waals surface area contributed by atoms with Gasteiger partial charge in [-0.1, -0.05) is 60.7 Å². The molecule has 0 unspecified atom stereocenters. The van der Waals surface area contributed by atoms with Crippen molar-refractivity contribution < 1.29 is 0 Å². The molecule has 0 nitrogen and oxygen atoms in total. The zero-order valence-corrected chi connectivity index (χ0v) is 9.80. The van der Waals surface area contributed by atoms with E-state index in [0.29, 0.717) is 0 Å². The van der Waals surface area contributed by atoms with E-state index in [1.807, 2.05) is 0 Å². The van der Waals surface area contributed by atoms with E-state index < -0.39 is 8.07 Å². The van der Waals surface area contributed by atoms with Crippen molar-refractivity contribution in [2.24, 2.45) is 0 Å². The van der Waals surface area contributed by atoms with Crippen LogP contribution in [0.4, 0.5) is 0 Å². The van der Waals surface area contributed by atoms with Crippen LogP contribution in [0.2, 0.25) is 13.1 Å². The van der Waals surface area contributed by atoms with E-state index in [1.54, 1.807) is 0 Å². The zero-order chi connectivity index (χ0) is 9.90. The van der Waals surface area contributed by atoms with E-state index in [9.17, 15) is 0 Å². The van der Waals surface area contributed by atoms with Crippen LogP contribution in [-0.4, -0.2) is 8.07 Å². The van der Waals surface area contributed by atoms with Gasteiger partial charge < -0.3 is 0 Å². The number of hydrogen-bond donors (Lipinski definition) is 0. The van der Waals surface area contributed by atoms with Crippen LogP contribution >= 0.6 is 0 Å². The van der Waals surface area contributed by atoms with Gasteiger partial charge in [0.1, 0.15) is 8.07 Å². The second-order valence-electron chi connectivity index (χ2n) is 3.95. The van der Waals surface area contributed by atoms with Crippen LogP contribution in [0.1, 0.15) is 13.3 Å². The molecule has 1 aromatic carbocycles. The minimum absolute atomic E-state index is 1.11. The molecule has 0 amide bonds. The van der Waals surface area contributed by atoms with Crippen molar-refractivity contribution in [3.8, 4) is 0 Å². The molecular weight excluding hydrogens is 172 g/mol. The number of benzene rings is 1. The Kier molecular flexibility index (Phi) is 3.10. The van der Waals surface area contributed by atoms with Gasteiger partial charge in [-0.3, -0.25) is 0 Å². The van der Waals surface area contributed by atoms with E-state index in [4.69, 9.17) is 0 Å². The fourth-order valence-electron chi connectivity index (χ4n) is 1.50. The molecule has 0 N–H and O–H groups in total. The van der Waals surface area contributed by atoms with Gasteiger partial charge in [-0.15, -0.1) is 6.58 Å². The summed E-state index contributed by atoms with van der Waals surface area (Å²) in [4.78, 5) is 0. The molecule has 0 aliphatic carbocycles. The lowest BCUT2D eigenvalue weighted by atomic mass is 10.4. The maximum atomic E-state index is 4.18. The Morgan fingerprint density at radius 1 is 1.23 bits per heavy atom. The highest BCUT2D eigenvalue weighted by molar-refractivity contribution is 6.95. The number of allylic oxidation sites excluding steroid dienone is 1. The van der Waals surface area contributed by atoms with Crippen molar-refractivity contribution >= 4 is 13.3 Å². The Balaban J connectivity index is 3.00. The first-order chi connectivity index (χ1) is 6.09. The minimum Gasteiger partial charge on any atom is -0.103 e. The van der Waals surface area contributed by atoms with Crippen LogP contribution in [-0.2, 0) is 0 Å². The van der Waals surface area contributed by atoms with Crippen LogP contribution < -0.4 is 5.19 Å². The van der Waals surface area contributed by atoms with Crippen LogP contribution in [0.15, 0.2) is 42.1 Å². The van der Waals surface area contributed by atoms with Gasteiger partial charge in [0.2, 0.25) is 0 Å². The van der Waals surface area contributed by atoms with Gasteiger partial charge in [-0.25, -0.2) is 0 Å². The predicted molar refractivity (Wildman–Crippen MR) is 63.0 cm³/mol. The summed E-state index contributed by atoms with van der Waals surface area (Å²) in [6.45, 7) is 11.1. The molecule has 0 radical (unpaired) electrons. The lowest BCUT2D eigenvalue weighted by Gasteiger charge is -2.24. The van der Waals surface area contributed by atoms with Gasteiger partial charge >= 0.3 is 0 Å². The van der Waals surface area contributed by atoms with Gasteiger partial charge in [-0.2, -0.15) is 0 Å². The van der Waals surface area contributed by atoms with Gasteiger partial charge in [-0.05, 0) is 6.42 Å². The van der Waals surface area contributed by atoms with Crippen molar-refractivity contribution in [1.82, 2.24) is 0 Å². The summed E-state index contributed by atoms with van der Waals surface area (Å²) < 4.78 is 0. The molecule has 0 saturated carbocycles. The predicted octanol–water partition coefficient (Wildman–Crippen LogP) is 3.11. The van der Waals surface area contributed by atoms with Crippen LogP contribution in [0.25, 0.3) is 0 Å². The third-order valence-corrected chi connectivity index (χ3v) is 6.70. The number of rotatable bonds is 3. The van der Waals surface area contributed by atoms with Crippen LogP contribution in [0.5, 0.6) is 0 Å². The second-order valence-corrected chi connectivity index (χ2v) is 8.48. The maximum Gasteiger partial charge on any atom is 0.106 e. The highest BCUT2D eigenvalue weighted by Crippen LogP contribution is 2.15. The molecule has 0 aliphatic rings. The largest absolute Gasteiger partial charge is 0.106 e. The zero-order valence-electron chi connectivity index (χ0n) is 8.80. The van der Waals surface area contributed by atoms with Crippen LogP contribution in [0, 0.1) is 0 Å². The summed E-state index contributed by atoms with van der Waals surface area (Å²) in [5, 5.41) is 2.92. The van der Waals surface area contributed by atoms with Crippen molar-refractivity contribution in [1.29, 1.82) is 0 Å². The molecule has 0 atom stereocenters. The molecule has 0 bridgehead atoms. The van der Waals surface area contributed by atoms with Crippen molar-refractivity contribution in [2.45, 2.75) is 26.4 Å². The Morgan fingerprint density at radius 2 is 1.77 bits per heavy atom. The molecule has 0 aliphatic heterocycles. The summed E-state index contributed by atoms with van der Waals surface area (Å²) in [5.74, 6) is 0. The average Bonchev–Trinajstić information content (AvgIpc) is 2.18. The standard InChI is InChI=1S/C12H18Si/c1-5-11(2)13(3,4)12-9-7-6-8-10-12/h6-10H,2,5H2,1,3-4H3. The normalized spacial score (nSPS) is 11.3. The van der Waals surface area contributed by atoms with Crippen LogP contribution in [0.3, 0.4) is 0 Å². The Morgan fingerprint density at radius 3 is 2.23 bits per heavy atom. The fraction of sp³-hybridized carbons (Fsp3) is 0.333. The first-order valence-corrected chi connectivity index (χ1v) is 7.82. The Labute approximate surface area is 82.3 Å². The smallest absolute Gasteiger partial charge is 0.103 e. The fourth-order valence-corrected chi connectivity index (χ4v) is 3.82. The Hall–Kier alpha value is -0.823. The van der Waals surface area contributed by atoms with E-state index in [1.165, 1.54) is 10.4 Å². The topological polar surface area (TPSA) is 0 Å². The SMILES string of the molecule is C=C(CC)[Si](C)(C)c1ccccc1. The van der Waals surface area contributed by atoms with Gasteiger partial charge in [0.25, 0.3) is 0 Å². The quantitative estimate of drug-likeness (QED) is 0.643. The van der Waals surface area contributed by atoms with Gasteiger partial charge in [0.05, 0.1) is 0 Å². The third-order valence-electron chi connectivity index (χ3n) is 2.81. The third kappa shape index (κ3) is 2.10. The molecule has 1 aromatic rings. The molecule has 1 rings (SSSR count). The molecule has 0 spiro atoms. The molecule has 1 heteroatoms. The summed E-state index contributed by atoms with van der Waals surface area (Å²) in [7, 11) is -1.38. The molecule has 13 heavy (non-hydrogen) atoms. The highest BCUT2D eigenvalue weighted by Gasteiger charge is 2.24. The maximum absolute atomic E-state index is 4.18. The van der Waals surface area contributed by atoms with Gasteiger partial charge in [0, 0.05) is 0 Å². The monoisotopic (exact) mass is 190 g/mol. The lowest BCUT2D eigenvalue weighted by Crippen LogP contribution is -2.43. The van der Waals surface area contributed by atoms with Crippen molar-refractivity contribution in [3.05, 3.63) is 42.1 Å². The lowest BCUT2D eigenvalue weighted by molar-refractivity contribution is 1.18. The molecule has 0 saturated heterocycles. The summed E-state index contributed by atoms with van der Waals surface area (Å²) in [6.07, 6.45) is 1.11. The molecular formula is C12H18Si. The van der Waals surface area contributed by atoms with E-state index in [2.05, 4.69) is 56.9 Å². The second kappa shape index (κ2) is 3.92. The van der Waals surface area contributed by atoms with E-state index in [-0.39, 0.29) is 0 Å². The van der Waals surface area contributed by atoms with E-state index in [0.717, 1.165) is 6.42 Å². The Bertz CT molecular complexity index is 285.